The minimum Gasteiger partial charge on any atom is -0.377 e. The van der Waals surface area contributed by atoms with Gasteiger partial charge in [-0.2, -0.15) is 0 Å². The predicted octanol–water partition coefficient (Wildman–Crippen LogP) is 0.778. The Kier molecular flexibility index (Phi) is 3.12. The number of ketones is 1. The highest BCUT2D eigenvalue weighted by atomic mass is 16.5. The molecule has 0 rings (SSSR count). The molecule has 0 aromatic rings. The summed E-state index contributed by atoms with van der Waals surface area (Å²) >= 11 is 0. The zero-order valence-electron chi connectivity index (χ0n) is 5.23. The van der Waals surface area contributed by atoms with E-state index in [4.69, 9.17) is 0 Å². The molecule has 0 aliphatic rings. The van der Waals surface area contributed by atoms with Gasteiger partial charge < -0.3 is 4.74 Å². The van der Waals surface area contributed by atoms with Crippen LogP contribution in [0.4, 0.5) is 0 Å². The van der Waals surface area contributed by atoms with Crippen molar-refractivity contribution in [3.05, 3.63) is 12.2 Å². The molecule has 0 radical (unpaired) electrons. The van der Waals surface area contributed by atoms with Gasteiger partial charge in [0.25, 0.3) is 0 Å². The second-order valence-electron chi connectivity index (χ2n) is 1.64. The lowest BCUT2D eigenvalue weighted by molar-refractivity contribution is -0.118. The Labute approximate surface area is 49.1 Å². The zero-order chi connectivity index (χ0) is 6.57. The maximum absolute atomic E-state index is 10.5. The first-order chi connectivity index (χ1) is 3.68. The Morgan fingerprint density at radius 3 is 2.38 bits per heavy atom. The summed E-state index contributed by atoms with van der Waals surface area (Å²) in [5.74, 6) is -0.0347. The van der Waals surface area contributed by atoms with Gasteiger partial charge in [-0.05, 0) is 12.5 Å². The Bertz CT molecular complexity index is 105. The Hall–Kier alpha value is -0.630. The lowest BCUT2D eigenvalue weighted by Crippen LogP contribution is -2.05. The maximum atomic E-state index is 10.5. The first-order valence-corrected chi connectivity index (χ1v) is 2.36. The lowest BCUT2D eigenvalue weighted by Gasteiger charge is -1.93. The standard InChI is InChI=1S/C6H10O2/c1-5(2)6(7)4-8-3/h1,4H2,2-3H3. The third-order valence-corrected chi connectivity index (χ3v) is 0.751. The molecule has 2 nitrogen and oxygen atoms in total. The van der Waals surface area contributed by atoms with Crippen LogP contribution in [0, 0.1) is 0 Å². The third kappa shape index (κ3) is 2.53. The third-order valence-electron chi connectivity index (χ3n) is 0.751. The highest BCUT2D eigenvalue weighted by Crippen LogP contribution is 1.87. The lowest BCUT2D eigenvalue weighted by atomic mass is 10.2. The fourth-order valence-corrected chi connectivity index (χ4v) is 0.254. The second-order valence-corrected chi connectivity index (χ2v) is 1.64. The van der Waals surface area contributed by atoms with E-state index < -0.39 is 0 Å². The molecule has 0 aromatic heterocycles. The van der Waals surface area contributed by atoms with Crippen LogP contribution in [0.25, 0.3) is 0 Å². The minimum absolute atomic E-state index is 0.0347. The zero-order valence-corrected chi connectivity index (χ0v) is 5.23. The van der Waals surface area contributed by atoms with Crippen LogP contribution < -0.4 is 0 Å². The first-order valence-electron chi connectivity index (χ1n) is 2.36. The van der Waals surface area contributed by atoms with Gasteiger partial charge in [-0.1, -0.05) is 6.58 Å². The summed E-state index contributed by atoms with van der Waals surface area (Å²) in [5.41, 5.74) is 0.548. The van der Waals surface area contributed by atoms with Crippen molar-refractivity contribution in [1.29, 1.82) is 0 Å². The summed E-state index contributed by atoms with van der Waals surface area (Å²) in [6.45, 7) is 5.26. The number of hydrogen-bond donors (Lipinski definition) is 0. The predicted molar refractivity (Wildman–Crippen MR) is 31.7 cm³/mol. The molecule has 0 unspecified atom stereocenters. The number of carbonyl (C=O) groups is 1. The topological polar surface area (TPSA) is 26.3 Å². The van der Waals surface area contributed by atoms with Crippen LogP contribution in [-0.2, 0) is 9.53 Å². The number of ether oxygens (including phenoxy) is 1. The van der Waals surface area contributed by atoms with Crippen LogP contribution in [0.15, 0.2) is 12.2 Å². The summed E-state index contributed by atoms with van der Waals surface area (Å²) in [7, 11) is 1.49. The molecule has 2 heteroatoms. The van der Waals surface area contributed by atoms with Crippen LogP contribution in [0.2, 0.25) is 0 Å². The Morgan fingerprint density at radius 2 is 2.25 bits per heavy atom. The van der Waals surface area contributed by atoms with Crippen molar-refractivity contribution >= 4 is 5.78 Å². The van der Waals surface area contributed by atoms with Crippen molar-refractivity contribution in [3.63, 3.8) is 0 Å². The summed E-state index contributed by atoms with van der Waals surface area (Å²) in [5, 5.41) is 0. The average molecular weight is 114 g/mol. The molecule has 0 bridgehead atoms. The molecule has 0 atom stereocenters. The van der Waals surface area contributed by atoms with Crippen molar-refractivity contribution in [1.82, 2.24) is 0 Å². The number of hydrogen-bond acceptors (Lipinski definition) is 2. The van der Waals surface area contributed by atoms with Gasteiger partial charge in [-0.3, -0.25) is 4.79 Å². The Balaban J connectivity index is 3.49. The van der Waals surface area contributed by atoms with Gasteiger partial charge in [0.15, 0.2) is 5.78 Å². The summed E-state index contributed by atoms with van der Waals surface area (Å²) in [4.78, 5) is 10.5. The van der Waals surface area contributed by atoms with Gasteiger partial charge in [0.05, 0.1) is 0 Å². The van der Waals surface area contributed by atoms with Crippen LogP contribution in [0.1, 0.15) is 6.92 Å². The second kappa shape index (κ2) is 3.38. The van der Waals surface area contributed by atoms with E-state index in [0.29, 0.717) is 5.57 Å². The fraction of sp³-hybridized carbons (Fsp3) is 0.500. The van der Waals surface area contributed by atoms with Gasteiger partial charge in [0, 0.05) is 7.11 Å². The molecule has 0 spiro atoms. The van der Waals surface area contributed by atoms with Crippen LogP contribution in [0.5, 0.6) is 0 Å². The molecule has 0 saturated heterocycles. The number of carbonyl (C=O) groups excluding carboxylic acids is 1. The van der Waals surface area contributed by atoms with E-state index in [1.807, 2.05) is 0 Å². The first kappa shape index (κ1) is 7.37. The van der Waals surface area contributed by atoms with Gasteiger partial charge >= 0.3 is 0 Å². The molecule has 0 heterocycles. The van der Waals surface area contributed by atoms with Gasteiger partial charge in [-0.15, -0.1) is 0 Å². The van der Waals surface area contributed by atoms with Gasteiger partial charge in [-0.25, -0.2) is 0 Å². The van der Waals surface area contributed by atoms with Crippen LogP contribution in [0.3, 0.4) is 0 Å². The fourth-order valence-electron chi connectivity index (χ4n) is 0.254. The average Bonchev–Trinajstić information content (AvgIpc) is 1.67. The quantitative estimate of drug-likeness (QED) is 0.507. The molecule has 46 valence electrons. The smallest absolute Gasteiger partial charge is 0.183 e. The summed E-state index contributed by atoms with van der Waals surface area (Å²) in [6.07, 6.45) is 0. The molecule has 0 saturated carbocycles. The molecular formula is C6H10O2. The molecule has 0 aromatic carbocycles. The summed E-state index contributed by atoms with van der Waals surface area (Å²) < 4.78 is 4.55. The molecule has 0 N–H and O–H groups in total. The van der Waals surface area contributed by atoms with E-state index in [1.165, 1.54) is 7.11 Å². The van der Waals surface area contributed by atoms with Crippen LogP contribution >= 0.6 is 0 Å². The SMILES string of the molecule is C=C(C)C(=O)COC. The van der Waals surface area contributed by atoms with E-state index >= 15 is 0 Å². The number of methoxy groups -OCH3 is 1. The van der Waals surface area contributed by atoms with Crippen molar-refractivity contribution in [2.24, 2.45) is 0 Å². The minimum atomic E-state index is -0.0347. The largest absolute Gasteiger partial charge is 0.377 e. The molecule has 0 amide bonds. The molecule has 0 aliphatic heterocycles. The monoisotopic (exact) mass is 114 g/mol. The summed E-state index contributed by atoms with van der Waals surface area (Å²) in [6, 6.07) is 0. The molecular weight excluding hydrogens is 104 g/mol. The van der Waals surface area contributed by atoms with Crippen molar-refractivity contribution in [2.45, 2.75) is 6.92 Å². The van der Waals surface area contributed by atoms with E-state index in [9.17, 15) is 4.79 Å². The number of rotatable bonds is 3. The van der Waals surface area contributed by atoms with Gasteiger partial charge in [0.1, 0.15) is 6.61 Å². The van der Waals surface area contributed by atoms with Crippen molar-refractivity contribution in [3.8, 4) is 0 Å². The van der Waals surface area contributed by atoms with E-state index in [1.54, 1.807) is 6.92 Å². The molecule has 0 aliphatic carbocycles. The van der Waals surface area contributed by atoms with E-state index in [2.05, 4.69) is 11.3 Å². The number of Topliss-reactive ketones (excluding diaryl/α,β-unsaturated/α-hetero) is 1. The van der Waals surface area contributed by atoms with Crippen molar-refractivity contribution < 1.29 is 9.53 Å². The van der Waals surface area contributed by atoms with E-state index in [-0.39, 0.29) is 12.4 Å². The van der Waals surface area contributed by atoms with E-state index in [0.717, 1.165) is 0 Å². The molecule has 0 fully saturated rings. The normalized spacial score (nSPS) is 8.75. The Morgan fingerprint density at radius 1 is 1.75 bits per heavy atom. The highest BCUT2D eigenvalue weighted by Gasteiger charge is 1.97. The van der Waals surface area contributed by atoms with Crippen molar-refractivity contribution in [2.75, 3.05) is 13.7 Å². The highest BCUT2D eigenvalue weighted by molar-refractivity contribution is 5.95. The van der Waals surface area contributed by atoms with Gasteiger partial charge in [0.2, 0.25) is 0 Å². The maximum Gasteiger partial charge on any atom is 0.183 e. The van der Waals surface area contributed by atoms with Crippen LogP contribution in [-0.4, -0.2) is 19.5 Å². The molecule has 8 heavy (non-hydrogen) atoms.